The van der Waals surface area contributed by atoms with E-state index in [9.17, 15) is 10.1 Å². The summed E-state index contributed by atoms with van der Waals surface area (Å²) in [6, 6.07) is 7.42. The number of benzene rings is 1. The van der Waals surface area contributed by atoms with Gasteiger partial charge in [-0.25, -0.2) is 4.98 Å². The molecule has 2 N–H and O–H groups in total. The minimum absolute atomic E-state index is 0.0524. The fourth-order valence-corrected chi connectivity index (χ4v) is 3.19. The molecule has 0 aliphatic carbocycles. The molecule has 0 amide bonds. The van der Waals surface area contributed by atoms with E-state index in [0.717, 1.165) is 24.0 Å². The molecule has 1 aliphatic heterocycles. The number of hydrogen-bond donors (Lipinski definition) is 1. The van der Waals surface area contributed by atoms with E-state index in [1.807, 2.05) is 12.1 Å². The number of rotatable bonds is 3. The maximum Gasteiger partial charge on any atom is 0.295 e. The Balaban J connectivity index is 2.12. The Morgan fingerprint density at radius 1 is 1.48 bits per heavy atom. The summed E-state index contributed by atoms with van der Waals surface area (Å²) in [6.45, 7) is 3.72. The Labute approximate surface area is 122 Å². The zero-order valence-electron chi connectivity index (χ0n) is 11.9. The number of nitrogens with two attached hydrogens (primary N) is 1. The highest BCUT2D eigenvalue weighted by atomic mass is 16.6. The van der Waals surface area contributed by atoms with Gasteiger partial charge in [0.05, 0.1) is 4.92 Å². The van der Waals surface area contributed by atoms with E-state index in [2.05, 4.69) is 16.8 Å². The Morgan fingerprint density at radius 3 is 2.95 bits per heavy atom. The van der Waals surface area contributed by atoms with Crippen molar-refractivity contribution >= 4 is 22.3 Å². The molecule has 1 aliphatic rings. The molecular formula is C15H18N4O2. The van der Waals surface area contributed by atoms with Crippen molar-refractivity contribution in [1.82, 2.24) is 4.98 Å². The van der Waals surface area contributed by atoms with E-state index in [0.29, 0.717) is 24.0 Å². The van der Waals surface area contributed by atoms with Crippen molar-refractivity contribution in [3.63, 3.8) is 0 Å². The van der Waals surface area contributed by atoms with Crippen LogP contribution in [0.1, 0.15) is 13.3 Å². The van der Waals surface area contributed by atoms with Crippen LogP contribution in [-0.4, -0.2) is 29.0 Å². The molecule has 0 saturated carbocycles. The molecule has 1 saturated heterocycles. The number of pyridine rings is 1. The molecule has 3 rings (SSSR count). The third kappa shape index (κ3) is 2.31. The van der Waals surface area contributed by atoms with Gasteiger partial charge in [-0.3, -0.25) is 10.1 Å². The third-order valence-corrected chi connectivity index (χ3v) is 4.23. The molecule has 0 bridgehead atoms. The minimum Gasteiger partial charge on any atom is -0.368 e. The molecule has 1 aromatic heterocycles. The summed E-state index contributed by atoms with van der Waals surface area (Å²) in [5, 5.41) is 12.0. The first-order chi connectivity index (χ1) is 10.1. The van der Waals surface area contributed by atoms with Gasteiger partial charge in [0.2, 0.25) is 0 Å². The molecular weight excluding hydrogens is 268 g/mol. The second-order valence-corrected chi connectivity index (χ2v) is 5.60. The van der Waals surface area contributed by atoms with Crippen molar-refractivity contribution in [3.8, 4) is 0 Å². The molecule has 21 heavy (non-hydrogen) atoms. The lowest BCUT2D eigenvalue weighted by Crippen LogP contribution is -2.27. The van der Waals surface area contributed by atoms with Crippen molar-refractivity contribution in [2.45, 2.75) is 19.4 Å². The number of nitro groups is 1. The number of nitrogens with zero attached hydrogens (tertiary/aromatic N) is 3. The van der Waals surface area contributed by atoms with Gasteiger partial charge >= 0.3 is 0 Å². The number of fused-ring (bicyclic) bond motifs is 1. The first-order valence-electron chi connectivity index (χ1n) is 7.10. The van der Waals surface area contributed by atoms with E-state index in [1.54, 1.807) is 12.3 Å². The molecule has 0 radical (unpaired) electrons. The normalized spacial score (nSPS) is 21.9. The Hall–Kier alpha value is -2.21. The van der Waals surface area contributed by atoms with Crippen molar-refractivity contribution in [1.29, 1.82) is 0 Å². The monoisotopic (exact) mass is 286 g/mol. The molecule has 2 heterocycles. The smallest absolute Gasteiger partial charge is 0.295 e. The SMILES string of the molecule is CC1CC(CN)CN1c1ccnc2c([N+](=O)[O-])cccc12. The number of anilines is 1. The van der Waals surface area contributed by atoms with Crippen LogP contribution in [0.2, 0.25) is 0 Å². The Bertz CT molecular complexity index is 688. The van der Waals surface area contributed by atoms with Crippen LogP contribution in [0, 0.1) is 16.0 Å². The van der Waals surface area contributed by atoms with Gasteiger partial charge in [-0.15, -0.1) is 0 Å². The molecule has 2 aromatic rings. The summed E-state index contributed by atoms with van der Waals surface area (Å²) in [6.07, 6.45) is 2.70. The average molecular weight is 286 g/mol. The number of nitro benzene ring substituents is 1. The fraction of sp³-hybridized carbons (Fsp3) is 0.400. The van der Waals surface area contributed by atoms with E-state index < -0.39 is 0 Å². The van der Waals surface area contributed by atoms with Gasteiger partial charge in [0, 0.05) is 35.9 Å². The zero-order chi connectivity index (χ0) is 15.0. The largest absolute Gasteiger partial charge is 0.368 e. The maximum atomic E-state index is 11.1. The Kier molecular flexibility index (Phi) is 3.47. The van der Waals surface area contributed by atoms with E-state index in [1.165, 1.54) is 6.07 Å². The summed E-state index contributed by atoms with van der Waals surface area (Å²) < 4.78 is 0. The van der Waals surface area contributed by atoms with Crippen molar-refractivity contribution in [3.05, 3.63) is 40.6 Å². The molecule has 0 spiro atoms. The van der Waals surface area contributed by atoms with Crippen LogP contribution in [0.4, 0.5) is 11.4 Å². The lowest BCUT2D eigenvalue weighted by Gasteiger charge is -2.25. The van der Waals surface area contributed by atoms with Crippen LogP contribution < -0.4 is 10.6 Å². The molecule has 2 atom stereocenters. The summed E-state index contributed by atoms with van der Waals surface area (Å²) in [4.78, 5) is 17.3. The summed E-state index contributed by atoms with van der Waals surface area (Å²) in [7, 11) is 0. The van der Waals surface area contributed by atoms with Gasteiger partial charge in [0.25, 0.3) is 5.69 Å². The summed E-state index contributed by atoms with van der Waals surface area (Å²) in [5.41, 5.74) is 7.29. The lowest BCUT2D eigenvalue weighted by molar-refractivity contribution is -0.383. The highest BCUT2D eigenvalue weighted by Crippen LogP contribution is 2.35. The van der Waals surface area contributed by atoms with Crippen LogP contribution in [0.25, 0.3) is 10.9 Å². The van der Waals surface area contributed by atoms with Crippen LogP contribution in [0.5, 0.6) is 0 Å². The molecule has 1 aromatic carbocycles. The first-order valence-corrected chi connectivity index (χ1v) is 7.10. The average Bonchev–Trinajstić information content (AvgIpc) is 2.87. The van der Waals surface area contributed by atoms with Crippen LogP contribution in [0.15, 0.2) is 30.5 Å². The maximum absolute atomic E-state index is 11.1. The van der Waals surface area contributed by atoms with Gasteiger partial charge in [0.1, 0.15) is 5.52 Å². The van der Waals surface area contributed by atoms with E-state index >= 15 is 0 Å². The highest BCUT2D eigenvalue weighted by molar-refractivity contribution is 5.96. The lowest BCUT2D eigenvalue weighted by atomic mass is 10.1. The molecule has 6 nitrogen and oxygen atoms in total. The third-order valence-electron chi connectivity index (χ3n) is 4.23. The zero-order valence-corrected chi connectivity index (χ0v) is 11.9. The van der Waals surface area contributed by atoms with Crippen molar-refractivity contribution in [2.75, 3.05) is 18.0 Å². The molecule has 2 unspecified atom stereocenters. The molecule has 6 heteroatoms. The number of aromatic nitrogens is 1. The topological polar surface area (TPSA) is 85.3 Å². The number of non-ortho nitro benzene ring substituents is 1. The summed E-state index contributed by atoms with van der Waals surface area (Å²) >= 11 is 0. The van der Waals surface area contributed by atoms with Crippen LogP contribution in [0.3, 0.4) is 0 Å². The second-order valence-electron chi connectivity index (χ2n) is 5.60. The predicted octanol–water partition coefficient (Wildman–Crippen LogP) is 2.32. The first kappa shape index (κ1) is 13.8. The Morgan fingerprint density at radius 2 is 2.29 bits per heavy atom. The van der Waals surface area contributed by atoms with E-state index in [4.69, 9.17) is 5.73 Å². The van der Waals surface area contributed by atoms with Crippen molar-refractivity contribution in [2.24, 2.45) is 11.7 Å². The highest BCUT2D eigenvalue weighted by Gasteiger charge is 2.29. The van der Waals surface area contributed by atoms with Crippen LogP contribution in [-0.2, 0) is 0 Å². The standard InChI is InChI=1S/C15H18N4O2/c1-10-7-11(8-16)9-18(10)13-5-6-17-15-12(13)3-2-4-14(15)19(20)21/h2-6,10-11H,7-9,16H2,1H3. The second kappa shape index (κ2) is 5.29. The van der Waals surface area contributed by atoms with Gasteiger partial charge in [-0.1, -0.05) is 12.1 Å². The molecule has 110 valence electrons. The fourth-order valence-electron chi connectivity index (χ4n) is 3.19. The van der Waals surface area contributed by atoms with E-state index in [-0.39, 0.29) is 10.6 Å². The van der Waals surface area contributed by atoms with Gasteiger partial charge in [-0.05, 0) is 31.9 Å². The predicted molar refractivity (Wildman–Crippen MR) is 82.4 cm³/mol. The van der Waals surface area contributed by atoms with Gasteiger partial charge < -0.3 is 10.6 Å². The van der Waals surface area contributed by atoms with Gasteiger partial charge in [-0.2, -0.15) is 0 Å². The minimum atomic E-state index is -0.380. The van der Waals surface area contributed by atoms with Crippen LogP contribution >= 0.6 is 0 Å². The molecule has 1 fully saturated rings. The van der Waals surface area contributed by atoms with Crippen molar-refractivity contribution < 1.29 is 4.92 Å². The summed E-state index contributed by atoms with van der Waals surface area (Å²) in [5.74, 6) is 0.474. The van der Waals surface area contributed by atoms with Gasteiger partial charge in [0.15, 0.2) is 0 Å². The number of hydrogen-bond acceptors (Lipinski definition) is 5. The number of para-hydroxylation sites is 1. The quantitative estimate of drug-likeness (QED) is 0.691.